The van der Waals surface area contributed by atoms with Gasteiger partial charge in [-0.25, -0.2) is 4.39 Å². The zero-order valence-electron chi connectivity index (χ0n) is 14.4. The van der Waals surface area contributed by atoms with Crippen LogP contribution in [0, 0.1) is 5.82 Å². The maximum absolute atomic E-state index is 13.8. The van der Waals surface area contributed by atoms with Crippen LogP contribution < -0.4 is 9.64 Å². The van der Waals surface area contributed by atoms with Crippen molar-refractivity contribution in [1.82, 2.24) is 14.8 Å². The highest BCUT2D eigenvalue weighted by Crippen LogP contribution is 2.33. The fourth-order valence-corrected chi connectivity index (χ4v) is 3.92. The monoisotopic (exact) mass is 370 g/mol. The lowest BCUT2D eigenvalue weighted by atomic mass is 10.2. The molecule has 134 valence electrons. The number of hydrogen-bond acceptors (Lipinski definition) is 5. The third-order valence-corrected chi connectivity index (χ3v) is 5.28. The van der Waals surface area contributed by atoms with Crippen LogP contribution in [0.15, 0.2) is 53.7 Å². The molecular weight excluding hydrogens is 351 g/mol. The average Bonchev–Trinajstić information content (AvgIpc) is 3.25. The van der Waals surface area contributed by atoms with Gasteiger partial charge in [-0.1, -0.05) is 30.0 Å². The molecule has 0 saturated heterocycles. The van der Waals surface area contributed by atoms with Crippen molar-refractivity contribution in [1.29, 1.82) is 0 Å². The first-order valence-electron chi connectivity index (χ1n) is 8.56. The molecule has 26 heavy (non-hydrogen) atoms. The fraction of sp³-hybridized carbons (Fsp3) is 0.263. The first kappa shape index (κ1) is 16.9. The minimum absolute atomic E-state index is 0.183. The molecule has 0 atom stereocenters. The lowest BCUT2D eigenvalue weighted by Crippen LogP contribution is -2.14. The molecule has 0 amide bonds. The average molecular weight is 370 g/mol. The van der Waals surface area contributed by atoms with Crippen LogP contribution in [0.4, 0.5) is 16.0 Å². The first-order chi connectivity index (χ1) is 12.8. The molecule has 0 aliphatic carbocycles. The smallest absolute Gasteiger partial charge is 0.232 e. The molecule has 2 heterocycles. The number of hydrogen-bond donors (Lipinski definition) is 0. The van der Waals surface area contributed by atoms with Crippen molar-refractivity contribution < 1.29 is 9.13 Å². The number of halogens is 1. The van der Waals surface area contributed by atoms with Gasteiger partial charge in [-0.3, -0.25) is 4.57 Å². The summed E-state index contributed by atoms with van der Waals surface area (Å²) in [6, 6.07) is 14.8. The molecule has 7 heteroatoms. The summed E-state index contributed by atoms with van der Waals surface area (Å²) in [6.07, 6.45) is 0. The van der Waals surface area contributed by atoms with Gasteiger partial charge in [0.2, 0.25) is 5.95 Å². The summed E-state index contributed by atoms with van der Waals surface area (Å²) in [7, 11) is 0. The molecule has 0 radical (unpaired) electrons. The SMILES string of the molecule is CCOc1ccc(N2CCn3c(SCc4ccccc4F)nnc32)cc1. The van der Waals surface area contributed by atoms with Crippen LogP contribution in [-0.2, 0) is 12.3 Å². The molecule has 0 unspecified atom stereocenters. The highest BCUT2D eigenvalue weighted by Gasteiger charge is 2.26. The van der Waals surface area contributed by atoms with E-state index in [1.807, 2.05) is 37.3 Å². The normalized spacial score (nSPS) is 13.1. The van der Waals surface area contributed by atoms with E-state index in [4.69, 9.17) is 4.74 Å². The van der Waals surface area contributed by atoms with Gasteiger partial charge in [0, 0.05) is 24.5 Å². The number of anilines is 2. The highest BCUT2D eigenvalue weighted by molar-refractivity contribution is 7.98. The number of ether oxygens (including phenoxy) is 1. The maximum Gasteiger partial charge on any atom is 0.232 e. The third-order valence-electron chi connectivity index (χ3n) is 4.26. The van der Waals surface area contributed by atoms with Crippen LogP contribution in [0.1, 0.15) is 12.5 Å². The Bertz CT molecular complexity index is 897. The van der Waals surface area contributed by atoms with Crippen molar-refractivity contribution in [2.45, 2.75) is 24.4 Å². The summed E-state index contributed by atoms with van der Waals surface area (Å²) in [5.74, 6) is 2.04. The Morgan fingerprint density at radius 3 is 2.65 bits per heavy atom. The van der Waals surface area contributed by atoms with Crippen molar-refractivity contribution >= 4 is 23.4 Å². The fourth-order valence-electron chi connectivity index (χ4n) is 2.97. The van der Waals surface area contributed by atoms with Crippen LogP contribution in [0.5, 0.6) is 5.75 Å². The number of benzene rings is 2. The van der Waals surface area contributed by atoms with Gasteiger partial charge in [-0.05, 0) is 42.8 Å². The van der Waals surface area contributed by atoms with Crippen LogP contribution >= 0.6 is 11.8 Å². The van der Waals surface area contributed by atoms with Gasteiger partial charge in [-0.15, -0.1) is 10.2 Å². The summed E-state index contributed by atoms with van der Waals surface area (Å²) >= 11 is 1.51. The Hall–Kier alpha value is -2.54. The standard InChI is InChI=1S/C19H19FN4OS/c1-2-25-16-9-7-15(8-10-16)23-11-12-24-18(23)21-22-19(24)26-13-14-5-3-4-6-17(14)20/h3-10H,2,11-13H2,1H3. The topological polar surface area (TPSA) is 43.2 Å². The summed E-state index contributed by atoms with van der Waals surface area (Å²) in [5.41, 5.74) is 1.74. The second kappa shape index (κ2) is 7.37. The third kappa shape index (κ3) is 3.26. The van der Waals surface area contributed by atoms with E-state index in [1.54, 1.807) is 12.1 Å². The molecule has 4 rings (SSSR count). The predicted molar refractivity (Wildman–Crippen MR) is 101 cm³/mol. The Balaban J connectivity index is 1.49. The van der Waals surface area contributed by atoms with E-state index in [0.29, 0.717) is 17.9 Å². The Morgan fingerprint density at radius 1 is 1.08 bits per heavy atom. The van der Waals surface area contributed by atoms with Gasteiger partial charge in [0.1, 0.15) is 11.6 Å². The Kier molecular flexibility index (Phi) is 4.79. The minimum atomic E-state index is -0.183. The van der Waals surface area contributed by atoms with Gasteiger partial charge in [-0.2, -0.15) is 0 Å². The van der Waals surface area contributed by atoms with Gasteiger partial charge in [0.25, 0.3) is 0 Å². The zero-order chi connectivity index (χ0) is 17.9. The number of rotatable bonds is 6. The summed E-state index contributed by atoms with van der Waals surface area (Å²) < 4.78 is 21.4. The molecular formula is C19H19FN4OS. The van der Waals surface area contributed by atoms with E-state index in [0.717, 1.165) is 35.6 Å². The zero-order valence-corrected chi connectivity index (χ0v) is 15.2. The van der Waals surface area contributed by atoms with Crippen LogP contribution in [0.25, 0.3) is 0 Å². The number of nitrogens with zero attached hydrogens (tertiary/aromatic N) is 4. The van der Waals surface area contributed by atoms with E-state index in [1.165, 1.54) is 17.8 Å². The van der Waals surface area contributed by atoms with Crippen LogP contribution in [0.2, 0.25) is 0 Å². The minimum Gasteiger partial charge on any atom is -0.494 e. The molecule has 0 bridgehead atoms. The van der Waals surface area contributed by atoms with Crippen molar-refractivity contribution in [3.05, 3.63) is 59.9 Å². The molecule has 5 nitrogen and oxygen atoms in total. The molecule has 1 aromatic heterocycles. The number of fused-ring (bicyclic) bond motifs is 1. The van der Waals surface area contributed by atoms with E-state index >= 15 is 0 Å². The first-order valence-corrected chi connectivity index (χ1v) is 9.54. The van der Waals surface area contributed by atoms with Crippen LogP contribution in [-0.4, -0.2) is 27.9 Å². The number of aromatic nitrogens is 3. The molecule has 0 N–H and O–H groups in total. The lowest BCUT2D eigenvalue weighted by molar-refractivity contribution is 0.340. The van der Waals surface area contributed by atoms with Crippen molar-refractivity contribution in [3.63, 3.8) is 0 Å². The van der Waals surface area contributed by atoms with E-state index < -0.39 is 0 Å². The largest absolute Gasteiger partial charge is 0.494 e. The number of thioether (sulfide) groups is 1. The molecule has 1 aliphatic rings. The molecule has 1 aliphatic heterocycles. The highest BCUT2D eigenvalue weighted by atomic mass is 32.2. The molecule has 0 spiro atoms. The summed E-state index contributed by atoms with van der Waals surface area (Å²) in [6.45, 7) is 4.28. The van der Waals surface area contributed by atoms with Crippen molar-refractivity contribution in [3.8, 4) is 5.75 Å². The predicted octanol–water partition coefficient (Wildman–Crippen LogP) is 4.26. The van der Waals surface area contributed by atoms with Crippen molar-refractivity contribution in [2.75, 3.05) is 18.1 Å². The Labute approximate surface area is 155 Å². The van der Waals surface area contributed by atoms with E-state index in [2.05, 4.69) is 19.7 Å². The van der Waals surface area contributed by atoms with Gasteiger partial charge in [0.15, 0.2) is 5.16 Å². The van der Waals surface area contributed by atoms with E-state index in [-0.39, 0.29) is 5.82 Å². The van der Waals surface area contributed by atoms with Gasteiger partial charge in [0.05, 0.1) is 6.61 Å². The van der Waals surface area contributed by atoms with Gasteiger partial charge >= 0.3 is 0 Å². The second-order valence-corrected chi connectivity index (χ2v) is 6.84. The quantitative estimate of drug-likeness (QED) is 0.607. The van der Waals surface area contributed by atoms with Crippen molar-refractivity contribution in [2.24, 2.45) is 0 Å². The second-order valence-electron chi connectivity index (χ2n) is 5.89. The molecule has 2 aromatic carbocycles. The maximum atomic E-state index is 13.8. The Morgan fingerprint density at radius 2 is 1.88 bits per heavy atom. The molecule has 0 fully saturated rings. The molecule has 3 aromatic rings. The van der Waals surface area contributed by atoms with Crippen LogP contribution in [0.3, 0.4) is 0 Å². The lowest BCUT2D eigenvalue weighted by Gasteiger charge is -2.15. The summed E-state index contributed by atoms with van der Waals surface area (Å²) in [4.78, 5) is 2.13. The van der Waals surface area contributed by atoms with Gasteiger partial charge < -0.3 is 9.64 Å². The van der Waals surface area contributed by atoms with E-state index in [9.17, 15) is 4.39 Å². The molecule has 0 saturated carbocycles. The summed E-state index contributed by atoms with van der Waals surface area (Å²) in [5, 5.41) is 9.45.